The molecule has 1 aliphatic rings. The number of nitrogens with zero attached hydrogens (tertiary/aromatic N) is 3. The summed E-state index contributed by atoms with van der Waals surface area (Å²) in [6, 6.07) is 0.277. The predicted octanol–water partition coefficient (Wildman–Crippen LogP) is -0.602. The van der Waals surface area contributed by atoms with Gasteiger partial charge in [-0.1, -0.05) is 6.92 Å². The molecule has 0 radical (unpaired) electrons. The zero-order valence-corrected chi connectivity index (χ0v) is 9.77. The number of hydrogen-bond donors (Lipinski definition) is 1. The fourth-order valence-electron chi connectivity index (χ4n) is 1.85. The number of methoxy groups -OCH3 is 1. The largest absolute Gasteiger partial charge is 0.383 e. The first kappa shape index (κ1) is 11.3. The molecule has 0 aliphatic carbocycles. The summed E-state index contributed by atoms with van der Waals surface area (Å²) in [7, 11) is 1.62. The third-order valence-corrected chi connectivity index (χ3v) is 2.89. The van der Waals surface area contributed by atoms with Crippen LogP contribution in [0.3, 0.4) is 0 Å². The highest BCUT2D eigenvalue weighted by molar-refractivity contribution is 4.95. The maximum absolute atomic E-state index is 12.1. The fourth-order valence-corrected chi connectivity index (χ4v) is 1.85. The van der Waals surface area contributed by atoms with Gasteiger partial charge in [0.2, 0.25) is 0 Å². The predicted molar refractivity (Wildman–Crippen MR) is 59.6 cm³/mol. The van der Waals surface area contributed by atoms with Gasteiger partial charge in [-0.2, -0.15) is 5.10 Å². The second-order valence-electron chi connectivity index (χ2n) is 3.95. The van der Waals surface area contributed by atoms with E-state index in [-0.39, 0.29) is 11.7 Å². The minimum Gasteiger partial charge on any atom is -0.383 e. The normalized spacial score (nSPS) is 16.4. The first-order valence-electron chi connectivity index (χ1n) is 5.65. The van der Waals surface area contributed by atoms with Crippen LogP contribution in [-0.2, 0) is 17.7 Å². The average Bonchev–Trinajstić information content (AvgIpc) is 2.52. The van der Waals surface area contributed by atoms with E-state index in [1.54, 1.807) is 7.11 Å². The van der Waals surface area contributed by atoms with E-state index < -0.39 is 0 Å². The SMILES string of the molecule is CCc1nn(CCOC)c(=O)n1C1CNC1. The number of nitrogens with one attached hydrogen (secondary N) is 1. The first-order valence-corrected chi connectivity index (χ1v) is 5.65. The first-order chi connectivity index (χ1) is 7.77. The molecule has 0 atom stereocenters. The molecule has 2 rings (SSSR count). The summed E-state index contributed by atoms with van der Waals surface area (Å²) >= 11 is 0. The minimum atomic E-state index is -0.0135. The quantitative estimate of drug-likeness (QED) is 0.728. The third-order valence-electron chi connectivity index (χ3n) is 2.89. The number of hydrogen-bond acceptors (Lipinski definition) is 4. The van der Waals surface area contributed by atoms with E-state index in [9.17, 15) is 4.79 Å². The lowest BCUT2D eigenvalue weighted by molar-refractivity contribution is 0.181. The van der Waals surface area contributed by atoms with Crippen LogP contribution in [0.2, 0.25) is 0 Å². The van der Waals surface area contributed by atoms with E-state index in [4.69, 9.17) is 4.74 Å². The van der Waals surface area contributed by atoms with Crippen molar-refractivity contribution >= 4 is 0 Å². The van der Waals surface area contributed by atoms with Gasteiger partial charge in [0.25, 0.3) is 0 Å². The summed E-state index contributed by atoms with van der Waals surface area (Å²) in [6.07, 6.45) is 0.783. The van der Waals surface area contributed by atoms with E-state index in [0.29, 0.717) is 13.2 Å². The molecule has 90 valence electrons. The van der Waals surface area contributed by atoms with Crippen molar-refractivity contribution in [2.75, 3.05) is 26.8 Å². The highest BCUT2D eigenvalue weighted by Gasteiger charge is 2.24. The Kier molecular flexibility index (Phi) is 3.40. The molecule has 1 aromatic rings. The molecular formula is C10H18N4O2. The van der Waals surface area contributed by atoms with Crippen molar-refractivity contribution < 1.29 is 4.74 Å². The van der Waals surface area contributed by atoms with Gasteiger partial charge in [0.15, 0.2) is 0 Å². The Morgan fingerprint density at radius 2 is 2.31 bits per heavy atom. The lowest BCUT2D eigenvalue weighted by Crippen LogP contribution is -2.47. The molecule has 0 amide bonds. The van der Waals surface area contributed by atoms with Gasteiger partial charge in [-0.3, -0.25) is 4.57 Å². The van der Waals surface area contributed by atoms with Crippen molar-refractivity contribution in [1.82, 2.24) is 19.7 Å². The van der Waals surface area contributed by atoms with Crippen LogP contribution in [0.25, 0.3) is 0 Å². The van der Waals surface area contributed by atoms with E-state index in [0.717, 1.165) is 25.3 Å². The van der Waals surface area contributed by atoms with Gasteiger partial charge in [0.1, 0.15) is 5.82 Å². The van der Waals surface area contributed by atoms with Crippen molar-refractivity contribution in [3.63, 3.8) is 0 Å². The number of aromatic nitrogens is 3. The van der Waals surface area contributed by atoms with Crippen LogP contribution >= 0.6 is 0 Å². The molecular weight excluding hydrogens is 208 g/mol. The van der Waals surface area contributed by atoms with Gasteiger partial charge in [-0.05, 0) is 0 Å². The van der Waals surface area contributed by atoms with Crippen molar-refractivity contribution in [3.8, 4) is 0 Å². The summed E-state index contributed by atoms with van der Waals surface area (Å²) in [4.78, 5) is 12.1. The van der Waals surface area contributed by atoms with Crippen LogP contribution in [0, 0.1) is 0 Å². The Bertz CT molecular complexity index is 405. The zero-order valence-electron chi connectivity index (χ0n) is 9.77. The maximum Gasteiger partial charge on any atom is 0.346 e. The fraction of sp³-hybridized carbons (Fsp3) is 0.800. The van der Waals surface area contributed by atoms with Crippen LogP contribution in [-0.4, -0.2) is 41.2 Å². The van der Waals surface area contributed by atoms with Gasteiger partial charge >= 0.3 is 5.69 Å². The molecule has 1 aromatic heterocycles. The lowest BCUT2D eigenvalue weighted by atomic mass is 10.2. The summed E-state index contributed by atoms with van der Waals surface area (Å²) in [5, 5.41) is 7.50. The van der Waals surface area contributed by atoms with Crippen LogP contribution in [0.1, 0.15) is 18.8 Å². The smallest absolute Gasteiger partial charge is 0.346 e. The topological polar surface area (TPSA) is 61.1 Å². The molecule has 1 N–H and O–H groups in total. The zero-order chi connectivity index (χ0) is 11.5. The molecule has 1 fully saturated rings. The second-order valence-corrected chi connectivity index (χ2v) is 3.95. The molecule has 2 heterocycles. The molecule has 6 nitrogen and oxygen atoms in total. The Labute approximate surface area is 94.2 Å². The van der Waals surface area contributed by atoms with E-state index in [1.165, 1.54) is 4.68 Å². The molecule has 0 aromatic carbocycles. The summed E-state index contributed by atoms with van der Waals surface area (Å²) in [6.45, 7) is 4.79. The number of ether oxygens (including phenoxy) is 1. The van der Waals surface area contributed by atoms with E-state index >= 15 is 0 Å². The third kappa shape index (κ3) is 1.90. The van der Waals surface area contributed by atoms with Crippen molar-refractivity contribution in [2.45, 2.75) is 25.9 Å². The molecule has 0 bridgehead atoms. The van der Waals surface area contributed by atoms with Crippen molar-refractivity contribution in [3.05, 3.63) is 16.3 Å². The van der Waals surface area contributed by atoms with Crippen molar-refractivity contribution in [2.24, 2.45) is 0 Å². The Balaban J connectivity index is 2.27. The van der Waals surface area contributed by atoms with Crippen LogP contribution < -0.4 is 11.0 Å². The standard InChI is InChI=1S/C10H18N4O2/c1-3-9-12-13(4-5-16-2)10(15)14(9)8-6-11-7-8/h8,11H,3-7H2,1-2H3. The second kappa shape index (κ2) is 4.80. The molecule has 0 spiro atoms. The van der Waals surface area contributed by atoms with Crippen molar-refractivity contribution in [1.29, 1.82) is 0 Å². The molecule has 6 heteroatoms. The summed E-state index contributed by atoms with van der Waals surface area (Å²) < 4.78 is 8.28. The van der Waals surface area contributed by atoms with E-state index in [2.05, 4.69) is 10.4 Å². The van der Waals surface area contributed by atoms with Gasteiger partial charge in [0.05, 0.1) is 19.2 Å². The molecule has 0 unspecified atom stereocenters. The Hall–Kier alpha value is -1.14. The van der Waals surface area contributed by atoms with Gasteiger partial charge in [0, 0.05) is 26.6 Å². The average molecular weight is 226 g/mol. The highest BCUT2D eigenvalue weighted by atomic mass is 16.5. The van der Waals surface area contributed by atoms with Crippen LogP contribution in [0.15, 0.2) is 4.79 Å². The Morgan fingerprint density at radius 3 is 2.81 bits per heavy atom. The number of rotatable bonds is 5. The minimum absolute atomic E-state index is 0.0135. The van der Waals surface area contributed by atoms with Crippen LogP contribution in [0.5, 0.6) is 0 Å². The van der Waals surface area contributed by atoms with Crippen LogP contribution in [0.4, 0.5) is 0 Å². The summed E-state index contributed by atoms with van der Waals surface area (Å²) in [5.74, 6) is 0.868. The molecule has 16 heavy (non-hydrogen) atoms. The molecule has 1 aliphatic heterocycles. The van der Waals surface area contributed by atoms with Gasteiger partial charge in [-0.15, -0.1) is 0 Å². The van der Waals surface area contributed by atoms with E-state index in [1.807, 2.05) is 11.5 Å². The molecule has 1 saturated heterocycles. The maximum atomic E-state index is 12.1. The lowest BCUT2D eigenvalue weighted by Gasteiger charge is -2.28. The van der Waals surface area contributed by atoms with Gasteiger partial charge < -0.3 is 10.1 Å². The molecule has 0 saturated carbocycles. The Morgan fingerprint density at radius 1 is 1.56 bits per heavy atom. The monoisotopic (exact) mass is 226 g/mol. The van der Waals surface area contributed by atoms with Gasteiger partial charge in [-0.25, -0.2) is 9.48 Å². The number of aryl methyl sites for hydroxylation is 1. The summed E-state index contributed by atoms with van der Waals surface area (Å²) in [5.41, 5.74) is -0.0135. The highest BCUT2D eigenvalue weighted by Crippen LogP contribution is 2.11.